The third kappa shape index (κ3) is 6.02. The summed E-state index contributed by atoms with van der Waals surface area (Å²) < 4.78 is 34.6. The van der Waals surface area contributed by atoms with Crippen molar-refractivity contribution in [1.82, 2.24) is 19.6 Å². The van der Waals surface area contributed by atoms with Crippen LogP contribution in [-0.2, 0) is 22.9 Å². The van der Waals surface area contributed by atoms with Crippen LogP contribution in [0.25, 0.3) is 11.4 Å². The summed E-state index contributed by atoms with van der Waals surface area (Å²) in [6, 6.07) is 5.13. The van der Waals surface area contributed by atoms with E-state index < -0.39 is 10.0 Å². The van der Waals surface area contributed by atoms with Crippen LogP contribution in [0, 0.1) is 0 Å². The summed E-state index contributed by atoms with van der Waals surface area (Å²) in [5, 5.41) is 0. The topological polar surface area (TPSA) is 104 Å². The lowest BCUT2D eigenvalue weighted by Gasteiger charge is -2.19. The first kappa shape index (κ1) is 25.4. The van der Waals surface area contributed by atoms with E-state index in [4.69, 9.17) is 4.74 Å². The van der Waals surface area contributed by atoms with Crippen LogP contribution in [0.3, 0.4) is 0 Å². The first-order chi connectivity index (χ1) is 15.8. The van der Waals surface area contributed by atoms with Crippen molar-refractivity contribution in [3.63, 3.8) is 0 Å². The second-order valence-electron chi connectivity index (χ2n) is 8.52. The van der Waals surface area contributed by atoms with Crippen molar-refractivity contribution in [2.45, 2.75) is 70.2 Å². The van der Waals surface area contributed by atoms with Gasteiger partial charge in [-0.05, 0) is 70.3 Å². The molecule has 1 aliphatic rings. The SMILES string of the molecule is CCCOc1ccc(S(=O)(=O)NCCC2CCCN2C)cc1-c1nc(CC)c(CC)c(=O)[nH]1. The molecule has 1 aromatic heterocycles. The quantitative estimate of drug-likeness (QED) is 0.516. The zero-order valence-corrected chi connectivity index (χ0v) is 20.9. The van der Waals surface area contributed by atoms with Gasteiger partial charge in [0.25, 0.3) is 5.56 Å². The second kappa shape index (κ2) is 11.3. The van der Waals surface area contributed by atoms with Gasteiger partial charge in [-0.15, -0.1) is 0 Å². The third-order valence-electron chi connectivity index (χ3n) is 6.21. The number of nitrogens with one attached hydrogen (secondary N) is 2. The number of nitrogens with zero attached hydrogens (tertiary/aromatic N) is 2. The lowest BCUT2D eigenvalue weighted by molar-refractivity contribution is 0.297. The van der Waals surface area contributed by atoms with Crippen molar-refractivity contribution in [3.8, 4) is 17.1 Å². The van der Waals surface area contributed by atoms with E-state index in [1.54, 1.807) is 12.1 Å². The fourth-order valence-electron chi connectivity index (χ4n) is 4.32. The highest BCUT2D eigenvalue weighted by Crippen LogP contribution is 2.31. The first-order valence-corrected chi connectivity index (χ1v) is 13.4. The van der Waals surface area contributed by atoms with Crippen LogP contribution in [0.15, 0.2) is 27.9 Å². The number of rotatable bonds is 11. The number of H-pyrrole nitrogens is 1. The molecular formula is C24H36N4O4S. The number of hydrogen-bond donors (Lipinski definition) is 2. The van der Waals surface area contributed by atoms with Crippen molar-refractivity contribution >= 4 is 10.0 Å². The molecule has 0 amide bonds. The average molecular weight is 477 g/mol. The van der Waals surface area contributed by atoms with Gasteiger partial charge in [-0.2, -0.15) is 0 Å². The van der Waals surface area contributed by atoms with E-state index in [9.17, 15) is 13.2 Å². The number of sulfonamides is 1. The van der Waals surface area contributed by atoms with E-state index in [1.807, 2.05) is 20.8 Å². The summed E-state index contributed by atoms with van der Waals surface area (Å²) in [5.41, 5.74) is 1.63. The highest BCUT2D eigenvalue weighted by molar-refractivity contribution is 7.89. The van der Waals surface area contributed by atoms with Gasteiger partial charge in [-0.1, -0.05) is 20.8 Å². The minimum Gasteiger partial charge on any atom is -0.493 e. The number of ether oxygens (including phenoxy) is 1. The van der Waals surface area contributed by atoms with E-state index >= 15 is 0 Å². The molecule has 1 fully saturated rings. The van der Waals surface area contributed by atoms with Crippen LogP contribution in [-0.4, -0.2) is 56.1 Å². The molecule has 2 aromatic rings. The fraction of sp³-hybridized carbons (Fsp3) is 0.583. The van der Waals surface area contributed by atoms with E-state index in [2.05, 4.69) is 26.6 Å². The smallest absolute Gasteiger partial charge is 0.254 e. The standard InChI is InChI=1S/C24H36N4O4S/c1-5-15-32-22-11-10-18(33(30,31)25-13-12-17-9-8-14-28(17)4)16-20(22)23-26-21(7-3)19(6-2)24(29)27-23/h10-11,16-17,25H,5-9,12-15H2,1-4H3,(H,26,27,29). The summed E-state index contributed by atoms with van der Waals surface area (Å²) in [7, 11) is -1.64. The fourth-order valence-corrected chi connectivity index (χ4v) is 5.39. The molecule has 2 heterocycles. The van der Waals surface area contributed by atoms with E-state index in [0.29, 0.717) is 60.4 Å². The molecule has 0 aliphatic carbocycles. The lowest BCUT2D eigenvalue weighted by Crippen LogP contribution is -2.31. The maximum absolute atomic E-state index is 13.0. The number of aromatic amines is 1. The minimum atomic E-state index is -3.72. The number of aromatic nitrogens is 2. The van der Waals surface area contributed by atoms with E-state index in [-0.39, 0.29) is 10.5 Å². The minimum absolute atomic E-state index is 0.126. The largest absolute Gasteiger partial charge is 0.493 e. The van der Waals surface area contributed by atoms with Crippen LogP contribution in [0.2, 0.25) is 0 Å². The molecule has 0 spiro atoms. The Balaban J connectivity index is 1.93. The summed E-state index contributed by atoms with van der Waals surface area (Å²) in [4.78, 5) is 22.5. The zero-order valence-electron chi connectivity index (χ0n) is 20.1. The molecule has 0 radical (unpaired) electrons. The van der Waals surface area contributed by atoms with Gasteiger partial charge in [0.05, 0.1) is 22.8 Å². The Morgan fingerprint density at radius 1 is 1.24 bits per heavy atom. The van der Waals surface area contributed by atoms with Gasteiger partial charge in [-0.3, -0.25) is 4.79 Å². The molecule has 1 aromatic carbocycles. The van der Waals surface area contributed by atoms with Crippen LogP contribution < -0.4 is 15.0 Å². The number of hydrogen-bond acceptors (Lipinski definition) is 6. The summed E-state index contributed by atoms with van der Waals surface area (Å²) in [6.45, 7) is 7.78. The Morgan fingerprint density at radius 3 is 2.67 bits per heavy atom. The third-order valence-corrected chi connectivity index (χ3v) is 7.67. The van der Waals surface area contributed by atoms with Crippen LogP contribution >= 0.6 is 0 Å². The molecule has 1 saturated heterocycles. The van der Waals surface area contributed by atoms with Crippen LogP contribution in [0.4, 0.5) is 0 Å². The Kier molecular flexibility index (Phi) is 8.67. The predicted octanol–water partition coefficient (Wildman–Crippen LogP) is 3.11. The van der Waals surface area contributed by atoms with Gasteiger partial charge < -0.3 is 14.6 Å². The molecule has 2 N–H and O–H groups in total. The van der Waals surface area contributed by atoms with Gasteiger partial charge in [-0.25, -0.2) is 18.1 Å². The number of aryl methyl sites for hydroxylation is 1. The Bertz CT molecular complexity index is 1110. The van der Waals surface area contributed by atoms with Gasteiger partial charge in [0.2, 0.25) is 10.0 Å². The maximum Gasteiger partial charge on any atom is 0.254 e. The number of benzene rings is 1. The first-order valence-electron chi connectivity index (χ1n) is 11.9. The normalized spacial score (nSPS) is 16.9. The molecular weight excluding hydrogens is 440 g/mol. The van der Waals surface area contributed by atoms with Crippen molar-refractivity contribution < 1.29 is 13.2 Å². The summed E-state index contributed by atoms with van der Waals surface area (Å²) >= 11 is 0. The van der Waals surface area contributed by atoms with Crippen molar-refractivity contribution in [3.05, 3.63) is 39.8 Å². The molecule has 182 valence electrons. The molecule has 1 unspecified atom stereocenters. The summed E-state index contributed by atoms with van der Waals surface area (Å²) in [6.07, 6.45) is 5.01. The van der Waals surface area contributed by atoms with Gasteiger partial charge in [0.1, 0.15) is 11.6 Å². The maximum atomic E-state index is 13.0. The van der Waals surface area contributed by atoms with Gasteiger partial charge >= 0.3 is 0 Å². The van der Waals surface area contributed by atoms with Gasteiger partial charge in [0, 0.05) is 18.2 Å². The Labute approximate surface area is 196 Å². The molecule has 3 rings (SSSR count). The van der Waals surface area contributed by atoms with Crippen LogP contribution in [0.1, 0.15) is 57.7 Å². The molecule has 0 saturated carbocycles. The molecule has 1 atom stereocenters. The molecule has 33 heavy (non-hydrogen) atoms. The van der Waals surface area contributed by atoms with E-state index in [0.717, 1.165) is 32.2 Å². The summed E-state index contributed by atoms with van der Waals surface area (Å²) in [5.74, 6) is 0.822. The molecule has 0 bridgehead atoms. The van der Waals surface area contributed by atoms with Crippen molar-refractivity contribution in [2.75, 3.05) is 26.7 Å². The molecule has 1 aliphatic heterocycles. The van der Waals surface area contributed by atoms with E-state index in [1.165, 1.54) is 6.07 Å². The average Bonchev–Trinajstić information content (AvgIpc) is 3.21. The molecule has 9 heteroatoms. The van der Waals surface area contributed by atoms with Crippen molar-refractivity contribution in [2.24, 2.45) is 0 Å². The highest BCUT2D eigenvalue weighted by Gasteiger charge is 2.23. The highest BCUT2D eigenvalue weighted by atomic mass is 32.2. The predicted molar refractivity (Wildman–Crippen MR) is 130 cm³/mol. The van der Waals surface area contributed by atoms with Crippen LogP contribution in [0.5, 0.6) is 5.75 Å². The van der Waals surface area contributed by atoms with Gasteiger partial charge in [0.15, 0.2) is 0 Å². The second-order valence-corrected chi connectivity index (χ2v) is 10.3. The molecule has 8 nitrogen and oxygen atoms in total. The van der Waals surface area contributed by atoms with Crippen molar-refractivity contribution in [1.29, 1.82) is 0 Å². The lowest BCUT2D eigenvalue weighted by atomic mass is 10.1. The Morgan fingerprint density at radius 2 is 2.03 bits per heavy atom. The number of likely N-dealkylation sites (tertiary alicyclic amines) is 1. The zero-order chi connectivity index (χ0) is 24.0. The Hall–Kier alpha value is -2.23. The monoisotopic (exact) mass is 476 g/mol.